The Morgan fingerprint density at radius 1 is 1.64 bits per heavy atom. The molecule has 1 fully saturated rings. The maximum absolute atomic E-state index is 11.2. The van der Waals surface area contributed by atoms with E-state index in [-0.39, 0.29) is 12.1 Å². The highest BCUT2D eigenvalue weighted by Gasteiger charge is 2.21. The van der Waals surface area contributed by atoms with Gasteiger partial charge in [0.1, 0.15) is 0 Å². The van der Waals surface area contributed by atoms with Crippen molar-refractivity contribution in [3.05, 3.63) is 0 Å². The standard InChI is InChI=1S/C8H16N2O/c1-2-8(11)10-6-4-3-5-7(10)9/h7H,2-6,9H2,1H3. The summed E-state index contributed by atoms with van der Waals surface area (Å²) in [6.07, 6.45) is 3.80. The van der Waals surface area contributed by atoms with E-state index in [1.54, 1.807) is 4.90 Å². The first kappa shape index (κ1) is 8.53. The quantitative estimate of drug-likeness (QED) is 0.607. The lowest BCUT2D eigenvalue weighted by molar-refractivity contribution is -0.134. The molecule has 2 N–H and O–H groups in total. The van der Waals surface area contributed by atoms with Crippen LogP contribution in [0.3, 0.4) is 0 Å². The first-order valence-corrected chi connectivity index (χ1v) is 4.30. The zero-order valence-electron chi connectivity index (χ0n) is 7.05. The second kappa shape index (κ2) is 3.72. The maximum atomic E-state index is 11.2. The molecule has 0 saturated carbocycles. The molecule has 3 nitrogen and oxygen atoms in total. The highest BCUT2D eigenvalue weighted by Crippen LogP contribution is 2.13. The van der Waals surface area contributed by atoms with E-state index in [1.807, 2.05) is 6.92 Å². The van der Waals surface area contributed by atoms with Gasteiger partial charge in [0.05, 0.1) is 6.17 Å². The Balaban J connectivity index is 2.47. The van der Waals surface area contributed by atoms with E-state index in [9.17, 15) is 4.79 Å². The van der Waals surface area contributed by atoms with E-state index < -0.39 is 0 Å². The first-order chi connectivity index (χ1) is 5.25. The summed E-state index contributed by atoms with van der Waals surface area (Å²) in [7, 11) is 0. The molecule has 0 spiro atoms. The van der Waals surface area contributed by atoms with Crippen molar-refractivity contribution in [1.29, 1.82) is 0 Å². The van der Waals surface area contributed by atoms with Crippen LogP contribution in [-0.4, -0.2) is 23.5 Å². The molecule has 1 unspecified atom stereocenters. The monoisotopic (exact) mass is 156 g/mol. The van der Waals surface area contributed by atoms with Gasteiger partial charge in [-0.1, -0.05) is 6.92 Å². The van der Waals surface area contributed by atoms with Crippen LogP contribution >= 0.6 is 0 Å². The highest BCUT2D eigenvalue weighted by molar-refractivity contribution is 5.76. The fraction of sp³-hybridized carbons (Fsp3) is 0.875. The van der Waals surface area contributed by atoms with Crippen molar-refractivity contribution in [3.8, 4) is 0 Å². The number of carbonyl (C=O) groups excluding carboxylic acids is 1. The van der Waals surface area contributed by atoms with Gasteiger partial charge in [-0.2, -0.15) is 0 Å². The van der Waals surface area contributed by atoms with Gasteiger partial charge in [-0.05, 0) is 19.3 Å². The van der Waals surface area contributed by atoms with Gasteiger partial charge in [0, 0.05) is 13.0 Å². The minimum atomic E-state index is -0.0174. The molecule has 0 aliphatic carbocycles. The fourth-order valence-electron chi connectivity index (χ4n) is 1.47. The number of piperidine rings is 1. The normalized spacial score (nSPS) is 25.3. The molecule has 1 saturated heterocycles. The van der Waals surface area contributed by atoms with Crippen LogP contribution in [0.15, 0.2) is 0 Å². The third-order valence-corrected chi connectivity index (χ3v) is 2.17. The molecule has 0 aromatic carbocycles. The predicted octanol–water partition coefficient (Wildman–Crippen LogP) is 0.694. The summed E-state index contributed by atoms with van der Waals surface area (Å²) in [4.78, 5) is 13.0. The van der Waals surface area contributed by atoms with Crippen molar-refractivity contribution in [1.82, 2.24) is 4.90 Å². The van der Waals surface area contributed by atoms with Crippen LogP contribution in [0.5, 0.6) is 0 Å². The Morgan fingerprint density at radius 3 is 2.91 bits per heavy atom. The molecule has 0 radical (unpaired) electrons. The molecule has 1 heterocycles. The topological polar surface area (TPSA) is 46.3 Å². The number of carbonyl (C=O) groups is 1. The van der Waals surface area contributed by atoms with E-state index in [1.165, 1.54) is 0 Å². The molecule has 1 aliphatic rings. The van der Waals surface area contributed by atoms with Crippen LogP contribution in [-0.2, 0) is 4.79 Å². The Labute approximate surface area is 67.5 Å². The van der Waals surface area contributed by atoms with E-state index in [0.717, 1.165) is 25.8 Å². The molecule has 1 aliphatic heterocycles. The van der Waals surface area contributed by atoms with E-state index >= 15 is 0 Å². The summed E-state index contributed by atoms with van der Waals surface area (Å²) in [5, 5.41) is 0. The van der Waals surface area contributed by atoms with Gasteiger partial charge in [0.25, 0.3) is 0 Å². The van der Waals surface area contributed by atoms with Crippen molar-refractivity contribution in [2.24, 2.45) is 5.73 Å². The van der Waals surface area contributed by atoms with Crippen molar-refractivity contribution >= 4 is 5.91 Å². The van der Waals surface area contributed by atoms with Crippen LogP contribution in [0.25, 0.3) is 0 Å². The summed E-state index contributed by atoms with van der Waals surface area (Å²) in [5.41, 5.74) is 5.76. The summed E-state index contributed by atoms with van der Waals surface area (Å²) < 4.78 is 0. The Hall–Kier alpha value is -0.570. The molecule has 11 heavy (non-hydrogen) atoms. The SMILES string of the molecule is CCC(=O)N1CCCCC1N. The van der Waals surface area contributed by atoms with Crippen LogP contribution in [0, 0.1) is 0 Å². The predicted molar refractivity (Wildman–Crippen MR) is 43.8 cm³/mol. The number of hydrogen-bond donors (Lipinski definition) is 1. The smallest absolute Gasteiger partial charge is 0.223 e. The average molecular weight is 156 g/mol. The van der Waals surface area contributed by atoms with Gasteiger partial charge in [0.2, 0.25) is 5.91 Å². The average Bonchev–Trinajstić information content (AvgIpc) is 2.04. The van der Waals surface area contributed by atoms with Gasteiger partial charge < -0.3 is 10.6 Å². The van der Waals surface area contributed by atoms with Crippen molar-refractivity contribution < 1.29 is 4.79 Å². The molecular formula is C8H16N2O. The lowest BCUT2D eigenvalue weighted by atomic mass is 10.1. The molecule has 3 heteroatoms. The number of likely N-dealkylation sites (tertiary alicyclic amines) is 1. The molecule has 0 aromatic rings. The maximum Gasteiger partial charge on any atom is 0.223 e. The van der Waals surface area contributed by atoms with E-state index in [0.29, 0.717) is 6.42 Å². The zero-order chi connectivity index (χ0) is 8.27. The first-order valence-electron chi connectivity index (χ1n) is 4.30. The van der Waals surface area contributed by atoms with Gasteiger partial charge in [0.15, 0.2) is 0 Å². The van der Waals surface area contributed by atoms with Crippen LogP contribution in [0.4, 0.5) is 0 Å². The second-order valence-electron chi connectivity index (χ2n) is 3.00. The molecule has 1 rings (SSSR count). The Morgan fingerprint density at radius 2 is 2.36 bits per heavy atom. The van der Waals surface area contributed by atoms with Crippen LogP contribution < -0.4 is 5.73 Å². The molecule has 0 aromatic heterocycles. The number of hydrogen-bond acceptors (Lipinski definition) is 2. The minimum Gasteiger partial charge on any atom is -0.327 e. The molecule has 64 valence electrons. The molecular weight excluding hydrogens is 140 g/mol. The number of nitrogens with zero attached hydrogens (tertiary/aromatic N) is 1. The Kier molecular flexibility index (Phi) is 2.88. The van der Waals surface area contributed by atoms with E-state index in [4.69, 9.17) is 5.73 Å². The molecule has 1 amide bonds. The lowest BCUT2D eigenvalue weighted by Crippen LogP contribution is -2.48. The van der Waals surface area contributed by atoms with E-state index in [2.05, 4.69) is 0 Å². The van der Waals surface area contributed by atoms with Crippen LogP contribution in [0.1, 0.15) is 32.6 Å². The molecule has 0 bridgehead atoms. The highest BCUT2D eigenvalue weighted by atomic mass is 16.2. The summed E-state index contributed by atoms with van der Waals surface area (Å²) in [6.45, 7) is 2.73. The van der Waals surface area contributed by atoms with Gasteiger partial charge in [-0.3, -0.25) is 4.79 Å². The second-order valence-corrected chi connectivity index (χ2v) is 3.00. The minimum absolute atomic E-state index is 0.0174. The third-order valence-electron chi connectivity index (χ3n) is 2.17. The van der Waals surface area contributed by atoms with Gasteiger partial charge in [-0.25, -0.2) is 0 Å². The number of amides is 1. The number of nitrogens with two attached hydrogens (primary N) is 1. The van der Waals surface area contributed by atoms with Crippen molar-refractivity contribution in [2.75, 3.05) is 6.54 Å². The number of rotatable bonds is 1. The van der Waals surface area contributed by atoms with Crippen molar-refractivity contribution in [2.45, 2.75) is 38.8 Å². The Bertz CT molecular complexity index is 147. The third kappa shape index (κ3) is 1.93. The summed E-state index contributed by atoms with van der Waals surface area (Å²) in [6, 6.07) is 0. The lowest BCUT2D eigenvalue weighted by Gasteiger charge is -2.32. The summed E-state index contributed by atoms with van der Waals surface area (Å²) >= 11 is 0. The largest absolute Gasteiger partial charge is 0.327 e. The van der Waals surface area contributed by atoms with Gasteiger partial charge >= 0.3 is 0 Å². The van der Waals surface area contributed by atoms with Gasteiger partial charge in [-0.15, -0.1) is 0 Å². The zero-order valence-corrected chi connectivity index (χ0v) is 7.05. The molecule has 1 atom stereocenters. The fourth-order valence-corrected chi connectivity index (χ4v) is 1.47. The summed E-state index contributed by atoms with van der Waals surface area (Å²) in [5.74, 6) is 0.192. The van der Waals surface area contributed by atoms with Crippen LogP contribution in [0.2, 0.25) is 0 Å². The van der Waals surface area contributed by atoms with Crippen molar-refractivity contribution in [3.63, 3.8) is 0 Å².